The van der Waals surface area contributed by atoms with Gasteiger partial charge in [-0.1, -0.05) is 18.2 Å². The van der Waals surface area contributed by atoms with Crippen LogP contribution in [0.4, 0.5) is 5.95 Å². The van der Waals surface area contributed by atoms with Gasteiger partial charge in [0.2, 0.25) is 11.7 Å². The number of aliphatic hydroxyl groups excluding tert-OH is 2. The maximum Gasteiger partial charge on any atom is 0.530 e. The van der Waals surface area contributed by atoms with Crippen LogP contribution in [0.15, 0.2) is 35.4 Å². The van der Waals surface area contributed by atoms with Gasteiger partial charge in [-0.25, -0.2) is 9.55 Å². The second kappa shape index (κ2) is 7.67. The van der Waals surface area contributed by atoms with Gasteiger partial charge in [-0.15, -0.1) is 6.42 Å². The van der Waals surface area contributed by atoms with Crippen LogP contribution in [-0.4, -0.2) is 54.7 Å². The first-order valence-corrected chi connectivity index (χ1v) is 11.1. The molecule has 2 aromatic heterocycles. The van der Waals surface area contributed by atoms with Crippen molar-refractivity contribution in [1.29, 1.82) is 0 Å². The minimum Gasteiger partial charge on any atom is -0.404 e. The number of phosphoric ester groups is 1. The van der Waals surface area contributed by atoms with E-state index in [2.05, 4.69) is 20.9 Å². The van der Waals surface area contributed by atoms with Crippen LogP contribution in [0.2, 0.25) is 0 Å². The fraction of sp³-hybridized carbons (Fsp3) is 0.316. The number of nitrogens with one attached hydrogen (secondary N) is 1. The Morgan fingerprint density at radius 1 is 1.42 bits per heavy atom. The van der Waals surface area contributed by atoms with Crippen LogP contribution in [0.1, 0.15) is 5.56 Å². The zero-order valence-corrected chi connectivity index (χ0v) is 17.7. The standard InChI is InChI=1S/C19H18N5O8P/c1-2-19(24-9-21-13-16(24)22-18(20)23-17(13)27)15(26)14(25)12(31-19)8-30-33(28)29-7-10-5-3-4-6-11(10)32-33/h1,3-6,9,12,14-15,25-26H,7-8H2,(H3,20,22,23,27)/t12-,14-,15-,19-,33?/m1/s1. The number of phosphoric acid groups is 1. The number of anilines is 1. The molecular weight excluding hydrogens is 457 g/mol. The van der Waals surface area contributed by atoms with Crippen molar-refractivity contribution in [1.82, 2.24) is 19.5 Å². The lowest BCUT2D eigenvalue weighted by atomic mass is 10.0. The number of fused-ring (bicyclic) bond motifs is 2. The van der Waals surface area contributed by atoms with Gasteiger partial charge in [0.05, 0.1) is 13.2 Å². The first-order valence-electron chi connectivity index (χ1n) is 9.68. The number of nitrogen functional groups attached to an aromatic ring is 1. The molecule has 172 valence electrons. The predicted molar refractivity (Wildman–Crippen MR) is 112 cm³/mol. The average molecular weight is 475 g/mol. The van der Waals surface area contributed by atoms with Crippen molar-refractivity contribution in [2.75, 3.05) is 12.3 Å². The van der Waals surface area contributed by atoms with Crippen molar-refractivity contribution in [2.24, 2.45) is 0 Å². The molecule has 0 spiro atoms. The molecule has 0 saturated carbocycles. The molecule has 5 atom stereocenters. The Hall–Kier alpha value is -3.24. The third kappa shape index (κ3) is 3.41. The summed E-state index contributed by atoms with van der Waals surface area (Å²) >= 11 is 0. The summed E-state index contributed by atoms with van der Waals surface area (Å²) in [4.78, 5) is 22.4. The summed E-state index contributed by atoms with van der Waals surface area (Å²) in [5.41, 5.74) is 3.51. The van der Waals surface area contributed by atoms with Gasteiger partial charge in [-0.3, -0.25) is 23.4 Å². The molecule has 3 aromatic rings. The topological polar surface area (TPSA) is 184 Å². The van der Waals surface area contributed by atoms with Crippen molar-refractivity contribution >= 4 is 24.9 Å². The molecule has 2 aliphatic heterocycles. The average Bonchev–Trinajstić information content (AvgIpc) is 3.33. The van der Waals surface area contributed by atoms with Crippen LogP contribution in [0, 0.1) is 12.3 Å². The number of terminal acetylenes is 1. The number of nitrogens with two attached hydrogens (primary N) is 1. The quantitative estimate of drug-likeness (QED) is 0.290. The molecule has 5 N–H and O–H groups in total. The van der Waals surface area contributed by atoms with E-state index in [0.29, 0.717) is 11.3 Å². The van der Waals surface area contributed by atoms with Gasteiger partial charge in [0, 0.05) is 5.56 Å². The van der Waals surface area contributed by atoms with E-state index in [0.717, 1.165) is 10.9 Å². The summed E-state index contributed by atoms with van der Waals surface area (Å²) in [7, 11) is -4.02. The Morgan fingerprint density at radius 2 is 2.21 bits per heavy atom. The molecule has 0 bridgehead atoms. The van der Waals surface area contributed by atoms with E-state index in [1.165, 1.54) is 0 Å². The van der Waals surface area contributed by atoms with Crippen LogP contribution in [0.25, 0.3) is 11.2 Å². The monoisotopic (exact) mass is 475 g/mol. The molecule has 1 fully saturated rings. The first-order chi connectivity index (χ1) is 15.8. The minimum atomic E-state index is -4.02. The number of hydrogen-bond acceptors (Lipinski definition) is 11. The molecule has 5 rings (SSSR count). The van der Waals surface area contributed by atoms with Gasteiger partial charge >= 0.3 is 7.82 Å². The molecule has 1 saturated heterocycles. The lowest BCUT2D eigenvalue weighted by Crippen LogP contribution is -2.44. The molecule has 1 aromatic carbocycles. The van der Waals surface area contributed by atoms with E-state index in [1.807, 2.05) is 0 Å². The Labute approximate surface area is 185 Å². The molecule has 4 heterocycles. The first kappa shape index (κ1) is 21.6. The van der Waals surface area contributed by atoms with Crippen molar-refractivity contribution in [2.45, 2.75) is 30.6 Å². The highest BCUT2D eigenvalue weighted by atomic mass is 31.2. The number of H-pyrrole nitrogens is 1. The molecule has 1 unspecified atom stereocenters. The molecule has 0 amide bonds. The molecular formula is C19H18N5O8P. The summed E-state index contributed by atoms with van der Waals surface area (Å²) in [6, 6.07) is 6.85. The number of nitrogens with zero attached hydrogens (tertiary/aromatic N) is 3. The number of imidazole rings is 1. The van der Waals surface area contributed by atoms with Gasteiger partial charge in [0.1, 0.15) is 30.4 Å². The van der Waals surface area contributed by atoms with Crippen molar-refractivity contribution in [3.8, 4) is 18.1 Å². The van der Waals surface area contributed by atoms with E-state index in [9.17, 15) is 19.6 Å². The van der Waals surface area contributed by atoms with Gasteiger partial charge < -0.3 is 25.2 Å². The SMILES string of the molecule is C#C[C@@]1(n2cnc3c(=O)[nH]c(N)nc32)O[C@H](COP2(=O)OCc3ccccc3O2)[C@@H](O)[C@H]1O. The fourth-order valence-electron chi connectivity index (χ4n) is 3.73. The zero-order chi connectivity index (χ0) is 23.4. The summed E-state index contributed by atoms with van der Waals surface area (Å²) in [6.07, 6.45) is 2.31. The molecule has 13 nitrogen and oxygen atoms in total. The second-order valence-corrected chi connectivity index (χ2v) is 8.98. The lowest BCUT2D eigenvalue weighted by Gasteiger charge is -2.28. The number of hydrogen-bond donors (Lipinski definition) is 4. The molecule has 0 radical (unpaired) electrons. The van der Waals surface area contributed by atoms with Crippen molar-refractivity contribution in [3.63, 3.8) is 0 Å². The number of benzene rings is 1. The highest BCUT2D eigenvalue weighted by molar-refractivity contribution is 7.49. The smallest absolute Gasteiger partial charge is 0.404 e. The summed E-state index contributed by atoms with van der Waals surface area (Å²) in [5, 5.41) is 21.4. The van der Waals surface area contributed by atoms with E-state index in [4.69, 9.17) is 30.5 Å². The third-order valence-corrected chi connectivity index (χ3v) is 6.72. The van der Waals surface area contributed by atoms with Gasteiger partial charge in [-0.2, -0.15) is 4.98 Å². The highest BCUT2D eigenvalue weighted by Crippen LogP contribution is 2.54. The summed E-state index contributed by atoms with van der Waals surface area (Å²) < 4.78 is 35.7. The minimum absolute atomic E-state index is 0.00110. The van der Waals surface area contributed by atoms with Crippen LogP contribution >= 0.6 is 7.82 Å². The Bertz CT molecular complexity index is 1380. The zero-order valence-electron chi connectivity index (χ0n) is 16.8. The maximum atomic E-state index is 12.9. The second-order valence-electron chi connectivity index (χ2n) is 7.39. The van der Waals surface area contributed by atoms with Gasteiger partial charge in [0.15, 0.2) is 11.2 Å². The summed E-state index contributed by atoms with van der Waals surface area (Å²) in [5.74, 6) is 2.43. The lowest BCUT2D eigenvalue weighted by molar-refractivity contribution is -0.102. The Kier molecular flexibility index (Phi) is 5.02. The predicted octanol–water partition coefficient (Wildman–Crippen LogP) is -0.158. The van der Waals surface area contributed by atoms with Crippen molar-refractivity contribution in [3.05, 3.63) is 46.5 Å². The van der Waals surface area contributed by atoms with Gasteiger partial charge in [-0.05, 0) is 12.0 Å². The Balaban J connectivity index is 1.41. The number of ether oxygens (including phenoxy) is 1. The van der Waals surface area contributed by atoms with Crippen LogP contribution < -0.4 is 15.8 Å². The van der Waals surface area contributed by atoms with E-state index in [1.54, 1.807) is 24.3 Å². The Morgan fingerprint density at radius 3 is 3.00 bits per heavy atom. The summed E-state index contributed by atoms with van der Waals surface area (Å²) in [6.45, 7) is -0.495. The number of aliphatic hydroxyl groups is 2. The van der Waals surface area contributed by atoms with E-state index in [-0.39, 0.29) is 23.7 Å². The number of rotatable bonds is 4. The van der Waals surface area contributed by atoms with Gasteiger partial charge in [0.25, 0.3) is 5.56 Å². The van der Waals surface area contributed by atoms with E-state index < -0.39 is 44.0 Å². The molecule has 33 heavy (non-hydrogen) atoms. The highest BCUT2D eigenvalue weighted by Gasteiger charge is 2.56. The van der Waals surface area contributed by atoms with Crippen LogP contribution in [-0.2, 0) is 30.7 Å². The van der Waals surface area contributed by atoms with Crippen LogP contribution in [0.5, 0.6) is 5.75 Å². The number of para-hydroxylation sites is 1. The van der Waals surface area contributed by atoms with E-state index >= 15 is 0 Å². The third-order valence-electron chi connectivity index (χ3n) is 5.38. The number of aromatic amines is 1. The maximum absolute atomic E-state index is 12.9. The normalized spacial score (nSPS) is 31.1. The largest absolute Gasteiger partial charge is 0.530 e. The van der Waals surface area contributed by atoms with Crippen LogP contribution in [0.3, 0.4) is 0 Å². The fourth-order valence-corrected chi connectivity index (χ4v) is 4.96. The number of aromatic nitrogens is 4. The van der Waals surface area contributed by atoms with Crippen molar-refractivity contribution < 1.29 is 33.1 Å². The molecule has 2 aliphatic rings. The molecule has 14 heteroatoms. The molecule has 0 aliphatic carbocycles.